The van der Waals surface area contributed by atoms with Crippen LogP contribution in [-0.4, -0.2) is 41.8 Å². The van der Waals surface area contributed by atoms with Gasteiger partial charge in [0.2, 0.25) is 5.89 Å². The topological polar surface area (TPSA) is 89.3 Å². The summed E-state index contributed by atoms with van der Waals surface area (Å²) in [6.45, 7) is 4.43. The van der Waals surface area contributed by atoms with Gasteiger partial charge in [0.25, 0.3) is 11.7 Å². The summed E-state index contributed by atoms with van der Waals surface area (Å²) in [5, 5.41) is 9.93. The molecule has 0 aliphatic carbocycles. The fourth-order valence-corrected chi connectivity index (χ4v) is 3.04. The van der Waals surface area contributed by atoms with E-state index >= 15 is 0 Å². The van der Waals surface area contributed by atoms with E-state index < -0.39 is 0 Å². The number of ether oxygens (including phenoxy) is 1. The van der Waals surface area contributed by atoms with Gasteiger partial charge in [-0.1, -0.05) is 12.1 Å². The lowest BCUT2D eigenvalue weighted by atomic mass is 10.00. The van der Waals surface area contributed by atoms with Crippen molar-refractivity contribution in [2.75, 3.05) is 19.7 Å². The second kappa shape index (κ2) is 6.53. The SMILES string of the molecule is CCC1OCCC1CNC(=O)c1noc(C2CCCN2)n1. The molecule has 7 heteroatoms. The highest BCUT2D eigenvalue weighted by Crippen LogP contribution is 2.23. The van der Waals surface area contributed by atoms with Crippen LogP contribution in [0.2, 0.25) is 0 Å². The Morgan fingerprint density at radius 3 is 3.14 bits per heavy atom. The highest BCUT2D eigenvalue weighted by atomic mass is 16.5. The minimum absolute atomic E-state index is 0.0896. The molecule has 1 aromatic rings. The molecule has 0 aromatic carbocycles. The number of hydrogen-bond donors (Lipinski definition) is 2. The highest BCUT2D eigenvalue weighted by molar-refractivity contribution is 5.90. The molecule has 3 rings (SSSR count). The Bertz CT molecular complexity index is 484. The molecule has 21 heavy (non-hydrogen) atoms. The van der Waals surface area contributed by atoms with Crippen LogP contribution < -0.4 is 10.6 Å². The van der Waals surface area contributed by atoms with Crippen molar-refractivity contribution in [2.24, 2.45) is 5.92 Å². The third kappa shape index (κ3) is 3.24. The largest absolute Gasteiger partial charge is 0.378 e. The Hall–Kier alpha value is -1.47. The Morgan fingerprint density at radius 1 is 1.48 bits per heavy atom. The summed E-state index contributed by atoms with van der Waals surface area (Å²) < 4.78 is 10.8. The molecule has 0 saturated carbocycles. The van der Waals surface area contributed by atoms with Crippen molar-refractivity contribution in [2.45, 2.75) is 44.8 Å². The number of hydrogen-bond acceptors (Lipinski definition) is 6. The summed E-state index contributed by atoms with van der Waals surface area (Å²) in [6, 6.07) is 0.0896. The zero-order chi connectivity index (χ0) is 14.7. The maximum Gasteiger partial charge on any atom is 0.292 e. The molecule has 2 aliphatic heterocycles. The summed E-state index contributed by atoms with van der Waals surface area (Å²) in [5.74, 6) is 0.727. The van der Waals surface area contributed by atoms with Gasteiger partial charge < -0.3 is 19.9 Å². The Labute approximate surface area is 123 Å². The van der Waals surface area contributed by atoms with Crippen LogP contribution in [0.15, 0.2) is 4.52 Å². The van der Waals surface area contributed by atoms with E-state index in [2.05, 4.69) is 27.7 Å². The lowest BCUT2D eigenvalue weighted by molar-refractivity contribution is 0.0821. The predicted molar refractivity (Wildman–Crippen MR) is 74.7 cm³/mol. The van der Waals surface area contributed by atoms with Gasteiger partial charge in [-0.25, -0.2) is 0 Å². The number of carbonyl (C=O) groups excluding carboxylic acids is 1. The maximum absolute atomic E-state index is 12.1. The average Bonchev–Trinajstić information content (AvgIpc) is 3.24. The zero-order valence-electron chi connectivity index (χ0n) is 12.3. The molecule has 0 bridgehead atoms. The second-order valence-electron chi connectivity index (χ2n) is 5.68. The summed E-state index contributed by atoms with van der Waals surface area (Å²) in [6.07, 6.45) is 4.27. The van der Waals surface area contributed by atoms with Gasteiger partial charge in [0.1, 0.15) is 0 Å². The van der Waals surface area contributed by atoms with E-state index in [1.165, 1.54) is 0 Å². The minimum atomic E-state index is -0.273. The van der Waals surface area contributed by atoms with Crippen molar-refractivity contribution < 1.29 is 14.1 Å². The molecule has 0 spiro atoms. The van der Waals surface area contributed by atoms with Gasteiger partial charge in [0, 0.05) is 19.1 Å². The molecule has 2 fully saturated rings. The highest BCUT2D eigenvalue weighted by Gasteiger charge is 2.28. The molecule has 1 amide bonds. The number of aromatic nitrogens is 2. The van der Waals surface area contributed by atoms with E-state index in [0.717, 1.165) is 38.8 Å². The summed E-state index contributed by atoms with van der Waals surface area (Å²) in [7, 11) is 0. The quantitative estimate of drug-likeness (QED) is 0.843. The third-order valence-corrected chi connectivity index (χ3v) is 4.28. The Balaban J connectivity index is 1.53. The summed E-state index contributed by atoms with van der Waals surface area (Å²) >= 11 is 0. The number of carbonyl (C=O) groups is 1. The number of rotatable bonds is 5. The predicted octanol–water partition coefficient (Wildman–Crippen LogP) is 1.04. The van der Waals surface area contributed by atoms with Crippen LogP contribution >= 0.6 is 0 Å². The normalized spacial score (nSPS) is 28.9. The average molecular weight is 294 g/mol. The summed E-state index contributed by atoms with van der Waals surface area (Å²) in [4.78, 5) is 16.3. The van der Waals surface area contributed by atoms with Gasteiger partial charge in [-0.2, -0.15) is 4.98 Å². The van der Waals surface area contributed by atoms with E-state index in [-0.39, 0.29) is 23.9 Å². The van der Waals surface area contributed by atoms with Crippen molar-refractivity contribution in [3.8, 4) is 0 Å². The van der Waals surface area contributed by atoms with Crippen molar-refractivity contribution in [3.05, 3.63) is 11.7 Å². The Morgan fingerprint density at radius 2 is 2.38 bits per heavy atom. The second-order valence-corrected chi connectivity index (χ2v) is 5.68. The van der Waals surface area contributed by atoms with Crippen LogP contribution in [0.3, 0.4) is 0 Å². The van der Waals surface area contributed by atoms with Crippen LogP contribution in [0.1, 0.15) is 55.2 Å². The van der Waals surface area contributed by atoms with Crippen LogP contribution in [0.5, 0.6) is 0 Å². The molecule has 1 aromatic heterocycles. The third-order valence-electron chi connectivity index (χ3n) is 4.28. The van der Waals surface area contributed by atoms with Crippen LogP contribution in [0.4, 0.5) is 0 Å². The van der Waals surface area contributed by atoms with Crippen molar-refractivity contribution in [3.63, 3.8) is 0 Å². The van der Waals surface area contributed by atoms with Crippen LogP contribution in [0, 0.1) is 5.92 Å². The Kier molecular flexibility index (Phi) is 4.50. The smallest absolute Gasteiger partial charge is 0.292 e. The molecule has 0 radical (unpaired) electrons. The van der Waals surface area contributed by atoms with E-state index in [4.69, 9.17) is 9.26 Å². The molecule has 3 heterocycles. The molecule has 2 aliphatic rings. The van der Waals surface area contributed by atoms with Crippen LogP contribution in [-0.2, 0) is 4.74 Å². The standard InChI is InChI=1S/C14H22N4O3/c1-2-11-9(5-7-20-11)8-16-13(19)12-17-14(21-18-12)10-4-3-6-15-10/h9-11,15H,2-8H2,1H3,(H,16,19). The van der Waals surface area contributed by atoms with Gasteiger partial charge in [-0.05, 0) is 32.2 Å². The molecule has 7 nitrogen and oxygen atoms in total. The molecule has 3 atom stereocenters. The molecule has 116 valence electrons. The lowest BCUT2D eigenvalue weighted by Crippen LogP contribution is -2.33. The first-order chi connectivity index (χ1) is 10.3. The molecule has 2 saturated heterocycles. The molecule has 3 unspecified atom stereocenters. The first-order valence-corrected chi connectivity index (χ1v) is 7.74. The van der Waals surface area contributed by atoms with E-state index in [9.17, 15) is 4.79 Å². The van der Waals surface area contributed by atoms with Crippen LogP contribution in [0.25, 0.3) is 0 Å². The van der Waals surface area contributed by atoms with E-state index in [1.54, 1.807) is 0 Å². The molecule has 2 N–H and O–H groups in total. The fraction of sp³-hybridized carbons (Fsp3) is 0.786. The maximum atomic E-state index is 12.1. The van der Waals surface area contributed by atoms with Crippen molar-refractivity contribution in [1.29, 1.82) is 0 Å². The van der Waals surface area contributed by atoms with Gasteiger partial charge in [0.05, 0.1) is 12.1 Å². The van der Waals surface area contributed by atoms with E-state index in [1.807, 2.05) is 0 Å². The number of nitrogens with zero attached hydrogens (tertiary/aromatic N) is 2. The number of amides is 1. The van der Waals surface area contributed by atoms with E-state index in [0.29, 0.717) is 18.4 Å². The first kappa shape index (κ1) is 14.5. The van der Waals surface area contributed by atoms with Gasteiger partial charge in [-0.15, -0.1) is 0 Å². The monoisotopic (exact) mass is 294 g/mol. The van der Waals surface area contributed by atoms with Crippen molar-refractivity contribution >= 4 is 5.91 Å². The molecular weight excluding hydrogens is 272 g/mol. The number of nitrogens with one attached hydrogen (secondary N) is 2. The zero-order valence-corrected chi connectivity index (χ0v) is 12.3. The fourth-order valence-electron chi connectivity index (χ4n) is 3.04. The van der Waals surface area contributed by atoms with Gasteiger partial charge >= 0.3 is 0 Å². The van der Waals surface area contributed by atoms with Gasteiger partial charge in [0.15, 0.2) is 0 Å². The molecular formula is C14H22N4O3. The first-order valence-electron chi connectivity index (χ1n) is 7.74. The van der Waals surface area contributed by atoms with Gasteiger partial charge in [-0.3, -0.25) is 4.79 Å². The lowest BCUT2D eigenvalue weighted by Gasteiger charge is -2.16. The summed E-state index contributed by atoms with van der Waals surface area (Å²) in [5.41, 5.74) is 0. The minimum Gasteiger partial charge on any atom is -0.378 e. The van der Waals surface area contributed by atoms with Crippen molar-refractivity contribution in [1.82, 2.24) is 20.8 Å².